The molecule has 110 valence electrons. The molecule has 0 spiro atoms. The van der Waals surface area contributed by atoms with E-state index in [4.69, 9.17) is 0 Å². The topological polar surface area (TPSA) is 0 Å². The molecule has 0 heterocycles. The van der Waals surface area contributed by atoms with Crippen LogP contribution in [0.25, 0.3) is 0 Å². The van der Waals surface area contributed by atoms with Gasteiger partial charge in [0, 0.05) is 0 Å². The molecule has 19 heavy (non-hydrogen) atoms. The Kier molecular flexibility index (Phi) is 4.93. The van der Waals surface area contributed by atoms with Crippen molar-refractivity contribution in [3.8, 4) is 0 Å². The van der Waals surface area contributed by atoms with E-state index in [1.807, 2.05) is 0 Å². The summed E-state index contributed by atoms with van der Waals surface area (Å²) < 4.78 is 4.52. The molecule has 4 bridgehead atoms. The maximum absolute atomic E-state index is 2.40. The van der Waals surface area contributed by atoms with Crippen molar-refractivity contribution in [1.82, 2.24) is 0 Å². The summed E-state index contributed by atoms with van der Waals surface area (Å²) in [6, 6.07) is 0. The predicted octanol–water partition coefficient (Wildman–Crippen LogP) is 6.05. The van der Waals surface area contributed by atoms with Crippen molar-refractivity contribution in [3.05, 3.63) is 0 Å². The van der Waals surface area contributed by atoms with Gasteiger partial charge in [-0.25, -0.2) is 0 Å². The van der Waals surface area contributed by atoms with E-state index >= 15 is 0 Å². The van der Waals surface area contributed by atoms with Crippen molar-refractivity contribution in [2.45, 2.75) is 89.4 Å². The average Bonchev–Trinajstić information content (AvgIpc) is 2.37. The van der Waals surface area contributed by atoms with Gasteiger partial charge in [-0.1, -0.05) is 0 Å². The molecule has 0 aromatic rings. The van der Waals surface area contributed by atoms with E-state index in [1.165, 1.54) is 30.6 Å². The predicted molar refractivity (Wildman–Crippen MR) is 86.0 cm³/mol. The molecular weight excluding hydrogens is 425 g/mol. The Balaban J connectivity index is 1.72. The number of rotatable bonds is 7. The van der Waals surface area contributed by atoms with Crippen LogP contribution in [0.1, 0.15) is 78.1 Å². The Morgan fingerprint density at radius 2 is 1.21 bits per heavy atom. The van der Waals surface area contributed by atoms with Crippen molar-refractivity contribution in [2.75, 3.05) is 0 Å². The van der Waals surface area contributed by atoms with Gasteiger partial charge < -0.3 is 0 Å². The van der Waals surface area contributed by atoms with Crippen molar-refractivity contribution in [2.24, 2.45) is 17.8 Å². The van der Waals surface area contributed by atoms with Crippen LogP contribution >= 0.6 is 0 Å². The third-order valence-corrected chi connectivity index (χ3v) is 20.2. The maximum atomic E-state index is 2.40. The summed E-state index contributed by atoms with van der Waals surface area (Å²) >= 11 is -1.21. The molecule has 4 aliphatic carbocycles. The first-order chi connectivity index (χ1) is 9.25. The van der Waals surface area contributed by atoms with Gasteiger partial charge in [-0.15, -0.1) is 0 Å². The second kappa shape index (κ2) is 6.33. The zero-order valence-corrected chi connectivity index (χ0v) is 16.6. The molecule has 0 aromatic carbocycles. The van der Waals surface area contributed by atoms with E-state index < -0.39 is 21.8 Å². The Morgan fingerprint density at radius 1 is 0.789 bits per heavy atom. The third kappa shape index (κ3) is 3.07. The first-order valence-corrected chi connectivity index (χ1v) is 15.7. The first kappa shape index (κ1) is 14.8. The van der Waals surface area contributed by atoms with Gasteiger partial charge in [0.05, 0.1) is 0 Å². The number of unbranched alkanes of at least 4 members (excludes halogenated alkanes) is 2. The molecule has 0 unspecified atom stereocenters. The average molecular weight is 458 g/mol. The van der Waals surface area contributed by atoms with Crippen LogP contribution in [0, 0.1) is 17.8 Å². The second-order valence-electron chi connectivity index (χ2n) is 7.84. The SMILES string of the molecule is CCC[CH2][Bi]([CH2]CCC)[C]12CC3CC(CC(C3)C1)C2. The summed E-state index contributed by atoms with van der Waals surface area (Å²) in [4.78, 5) is 0. The molecule has 0 amide bonds. The van der Waals surface area contributed by atoms with Crippen LogP contribution in [-0.2, 0) is 0 Å². The van der Waals surface area contributed by atoms with Crippen LogP contribution in [-0.4, -0.2) is 21.8 Å². The number of hydrogen-bond acceptors (Lipinski definition) is 0. The Bertz CT molecular complexity index is 253. The molecule has 0 aliphatic heterocycles. The molecule has 4 aliphatic rings. The normalized spacial score (nSPS) is 40.3. The monoisotopic (exact) mass is 458 g/mol. The van der Waals surface area contributed by atoms with Gasteiger partial charge in [0.15, 0.2) is 0 Å². The molecule has 0 saturated heterocycles. The van der Waals surface area contributed by atoms with Crippen LogP contribution < -0.4 is 0 Å². The van der Waals surface area contributed by atoms with Crippen molar-refractivity contribution in [1.29, 1.82) is 0 Å². The van der Waals surface area contributed by atoms with Crippen molar-refractivity contribution >= 4 is 21.8 Å². The minimum absolute atomic E-state index is 1.02. The fourth-order valence-electron chi connectivity index (χ4n) is 5.74. The van der Waals surface area contributed by atoms with E-state index in [0.29, 0.717) is 0 Å². The molecule has 0 nitrogen and oxygen atoms in total. The quantitative estimate of drug-likeness (QED) is 0.408. The molecule has 4 saturated carbocycles. The van der Waals surface area contributed by atoms with E-state index in [2.05, 4.69) is 13.8 Å². The fourth-order valence-corrected chi connectivity index (χ4v) is 21.7. The van der Waals surface area contributed by atoms with Crippen LogP contribution in [0.2, 0.25) is 11.4 Å². The molecular formula is C18H33Bi. The van der Waals surface area contributed by atoms with Crippen LogP contribution in [0.3, 0.4) is 0 Å². The number of hydrogen-bond donors (Lipinski definition) is 0. The second-order valence-corrected chi connectivity index (χ2v) is 19.2. The molecule has 0 N–H and O–H groups in total. The molecule has 4 fully saturated rings. The van der Waals surface area contributed by atoms with E-state index in [9.17, 15) is 0 Å². The zero-order valence-electron chi connectivity index (χ0n) is 13.2. The summed E-state index contributed by atoms with van der Waals surface area (Å²) in [7, 11) is 0. The van der Waals surface area contributed by atoms with Gasteiger partial charge in [0.25, 0.3) is 0 Å². The van der Waals surface area contributed by atoms with Crippen LogP contribution in [0.15, 0.2) is 0 Å². The fraction of sp³-hybridized carbons (Fsp3) is 1.00. The van der Waals surface area contributed by atoms with Gasteiger partial charge in [0.2, 0.25) is 0 Å². The zero-order chi connectivity index (χ0) is 13.3. The molecule has 0 atom stereocenters. The van der Waals surface area contributed by atoms with E-state index in [-0.39, 0.29) is 0 Å². The summed E-state index contributed by atoms with van der Waals surface area (Å²) in [6.45, 7) is 4.81. The summed E-state index contributed by atoms with van der Waals surface area (Å²) in [6.07, 6.45) is 16.1. The van der Waals surface area contributed by atoms with E-state index in [0.717, 1.165) is 3.12 Å². The summed E-state index contributed by atoms with van der Waals surface area (Å²) in [5, 5.41) is 0. The standard InChI is InChI=1S/C10H15.2C4H9.Bi/c1-7-2-9-4-8(1)5-10(3-7)6-9;2*1-3-4-2;/h7-9H,1-6H2;2*1,3-4H2,2H3;. The molecule has 1 heteroatoms. The Morgan fingerprint density at radius 3 is 1.58 bits per heavy atom. The summed E-state index contributed by atoms with van der Waals surface area (Å²) in [5.74, 6) is 3.56. The van der Waals surface area contributed by atoms with Gasteiger partial charge >= 0.3 is 129 Å². The van der Waals surface area contributed by atoms with Gasteiger partial charge in [-0.2, -0.15) is 0 Å². The van der Waals surface area contributed by atoms with Gasteiger partial charge in [0.1, 0.15) is 0 Å². The molecule has 0 radical (unpaired) electrons. The summed E-state index contributed by atoms with van der Waals surface area (Å²) in [5.41, 5.74) is 0. The van der Waals surface area contributed by atoms with Gasteiger partial charge in [-0.3, -0.25) is 0 Å². The van der Waals surface area contributed by atoms with Gasteiger partial charge in [-0.05, 0) is 0 Å². The minimum atomic E-state index is -1.21. The Labute approximate surface area is 128 Å². The van der Waals surface area contributed by atoms with E-state index in [1.54, 1.807) is 59.6 Å². The van der Waals surface area contributed by atoms with Crippen molar-refractivity contribution in [3.63, 3.8) is 0 Å². The molecule has 4 rings (SSSR count). The van der Waals surface area contributed by atoms with Crippen molar-refractivity contribution < 1.29 is 0 Å². The Hall–Kier alpha value is 0.883. The molecule has 0 aromatic heterocycles. The van der Waals surface area contributed by atoms with Crippen LogP contribution in [0.5, 0.6) is 0 Å². The third-order valence-electron chi connectivity index (χ3n) is 6.24. The van der Waals surface area contributed by atoms with Crippen LogP contribution in [0.4, 0.5) is 0 Å². The first-order valence-electron chi connectivity index (χ1n) is 9.01.